The average molecular weight is 314 g/mol. The lowest BCUT2D eigenvalue weighted by Gasteiger charge is -2.08. The van der Waals surface area contributed by atoms with Gasteiger partial charge in [-0.05, 0) is 18.2 Å². The Labute approximate surface area is 124 Å². The molecule has 0 spiro atoms. The second kappa shape index (κ2) is 5.89. The first-order valence-electron chi connectivity index (χ1n) is 5.42. The summed E-state index contributed by atoms with van der Waals surface area (Å²) in [7, 11) is 1.61. The van der Waals surface area contributed by atoms with Crippen molar-refractivity contribution in [3.05, 3.63) is 44.6 Å². The van der Waals surface area contributed by atoms with Gasteiger partial charge in [-0.25, -0.2) is 4.98 Å². The summed E-state index contributed by atoms with van der Waals surface area (Å²) in [6.45, 7) is 0. The van der Waals surface area contributed by atoms with Gasteiger partial charge in [-0.1, -0.05) is 23.2 Å². The second-order valence-corrected chi connectivity index (χ2v) is 4.59. The predicted octanol–water partition coefficient (Wildman–Crippen LogP) is 3.48. The van der Waals surface area contributed by atoms with Crippen LogP contribution in [0.1, 0.15) is 0 Å². The smallest absolute Gasteiger partial charge is 0.329 e. The normalized spacial score (nSPS) is 10.2. The Morgan fingerprint density at radius 3 is 2.45 bits per heavy atom. The average Bonchev–Trinajstić information content (AvgIpc) is 2.37. The van der Waals surface area contributed by atoms with Gasteiger partial charge >= 0.3 is 5.69 Å². The highest BCUT2D eigenvalue weighted by Crippen LogP contribution is 2.29. The number of halogens is 2. The van der Waals surface area contributed by atoms with E-state index >= 15 is 0 Å². The maximum atomic E-state index is 11.0. The zero-order valence-corrected chi connectivity index (χ0v) is 11.7. The SMILES string of the molecule is CNc1ncc([N+](=O)[O-])c(Nc2cc(Cl)cc(Cl)c2)n1. The molecule has 1 aromatic heterocycles. The van der Waals surface area contributed by atoms with Crippen LogP contribution in [-0.4, -0.2) is 21.9 Å². The van der Waals surface area contributed by atoms with Crippen LogP contribution in [0.4, 0.5) is 23.1 Å². The highest BCUT2D eigenvalue weighted by atomic mass is 35.5. The number of nitrogens with one attached hydrogen (secondary N) is 2. The summed E-state index contributed by atoms with van der Waals surface area (Å²) in [5, 5.41) is 17.3. The van der Waals surface area contributed by atoms with Crippen LogP contribution in [0.3, 0.4) is 0 Å². The van der Waals surface area contributed by atoms with E-state index in [2.05, 4.69) is 20.6 Å². The number of nitro groups is 1. The van der Waals surface area contributed by atoms with Gasteiger partial charge in [0.05, 0.1) is 4.92 Å². The van der Waals surface area contributed by atoms with Crippen LogP contribution in [0.5, 0.6) is 0 Å². The molecule has 0 bridgehead atoms. The molecule has 2 rings (SSSR count). The maximum absolute atomic E-state index is 11.0. The molecular formula is C11H9Cl2N5O2. The molecule has 0 aliphatic carbocycles. The van der Waals surface area contributed by atoms with Gasteiger partial charge in [0, 0.05) is 22.8 Å². The zero-order valence-electron chi connectivity index (χ0n) is 10.2. The zero-order chi connectivity index (χ0) is 14.7. The van der Waals surface area contributed by atoms with Crippen molar-refractivity contribution in [3.8, 4) is 0 Å². The van der Waals surface area contributed by atoms with Crippen LogP contribution < -0.4 is 10.6 Å². The Balaban J connectivity index is 2.42. The molecule has 0 fully saturated rings. The highest BCUT2D eigenvalue weighted by molar-refractivity contribution is 6.35. The summed E-state index contributed by atoms with van der Waals surface area (Å²) >= 11 is 11.7. The van der Waals surface area contributed by atoms with Crippen molar-refractivity contribution in [1.82, 2.24) is 9.97 Å². The van der Waals surface area contributed by atoms with Crippen LogP contribution >= 0.6 is 23.2 Å². The molecule has 0 saturated heterocycles. The Morgan fingerprint density at radius 1 is 1.25 bits per heavy atom. The van der Waals surface area contributed by atoms with Gasteiger partial charge in [0.15, 0.2) is 0 Å². The fraction of sp³-hybridized carbons (Fsp3) is 0.0909. The molecule has 0 amide bonds. The molecular weight excluding hydrogens is 305 g/mol. The molecule has 0 saturated carbocycles. The molecule has 1 aromatic carbocycles. The molecule has 0 unspecified atom stereocenters. The number of hydrogen-bond donors (Lipinski definition) is 2. The van der Waals surface area contributed by atoms with E-state index in [1.54, 1.807) is 25.2 Å². The Hall–Kier alpha value is -2.12. The fourth-order valence-electron chi connectivity index (χ4n) is 1.48. The highest BCUT2D eigenvalue weighted by Gasteiger charge is 2.17. The summed E-state index contributed by atoms with van der Waals surface area (Å²) in [5.74, 6) is 0.305. The molecule has 0 aliphatic heterocycles. The number of anilines is 3. The molecule has 0 radical (unpaired) electrons. The lowest BCUT2D eigenvalue weighted by Crippen LogP contribution is -2.04. The first-order valence-corrected chi connectivity index (χ1v) is 6.17. The summed E-state index contributed by atoms with van der Waals surface area (Å²) in [6, 6.07) is 4.72. The lowest BCUT2D eigenvalue weighted by molar-refractivity contribution is -0.384. The van der Waals surface area contributed by atoms with Crippen molar-refractivity contribution in [2.24, 2.45) is 0 Å². The number of hydrogen-bond acceptors (Lipinski definition) is 6. The van der Waals surface area contributed by atoms with Crippen LogP contribution in [0.2, 0.25) is 10.0 Å². The summed E-state index contributed by atoms with van der Waals surface area (Å²) in [6.07, 6.45) is 1.12. The minimum Gasteiger partial charge on any atom is -0.357 e. The molecule has 0 aliphatic rings. The molecule has 2 aromatic rings. The maximum Gasteiger partial charge on any atom is 0.329 e. The third-order valence-corrected chi connectivity index (χ3v) is 2.75. The molecule has 0 atom stereocenters. The molecule has 7 nitrogen and oxygen atoms in total. The molecule has 9 heteroatoms. The lowest BCUT2D eigenvalue weighted by atomic mass is 10.3. The standard InChI is InChI=1S/C11H9Cl2N5O2/c1-14-11-15-5-9(18(19)20)10(17-11)16-8-3-6(12)2-7(13)4-8/h2-5H,1H3,(H2,14,15,16,17). The van der Waals surface area contributed by atoms with E-state index in [9.17, 15) is 10.1 Å². The van der Waals surface area contributed by atoms with Crippen molar-refractivity contribution in [2.75, 3.05) is 17.7 Å². The summed E-state index contributed by atoms with van der Waals surface area (Å²) in [5.41, 5.74) is 0.242. The van der Waals surface area contributed by atoms with Gasteiger partial charge in [-0.15, -0.1) is 0 Å². The summed E-state index contributed by atoms with van der Waals surface area (Å²) in [4.78, 5) is 18.2. The third kappa shape index (κ3) is 3.25. The van der Waals surface area contributed by atoms with Gasteiger partial charge in [0.25, 0.3) is 0 Å². The molecule has 20 heavy (non-hydrogen) atoms. The minimum atomic E-state index is -0.575. The Kier molecular flexibility index (Phi) is 4.21. The van der Waals surface area contributed by atoms with Gasteiger partial charge in [0.1, 0.15) is 6.20 Å². The monoisotopic (exact) mass is 313 g/mol. The topological polar surface area (TPSA) is 93.0 Å². The van der Waals surface area contributed by atoms with E-state index in [1.165, 1.54) is 0 Å². The second-order valence-electron chi connectivity index (χ2n) is 3.72. The first-order chi connectivity index (χ1) is 9.49. The van der Waals surface area contributed by atoms with Crippen LogP contribution in [0, 0.1) is 10.1 Å². The number of nitrogens with zero attached hydrogens (tertiary/aromatic N) is 3. The van der Waals surface area contributed by atoms with Crippen molar-refractivity contribution in [1.29, 1.82) is 0 Å². The van der Waals surface area contributed by atoms with E-state index in [0.717, 1.165) is 6.20 Å². The van der Waals surface area contributed by atoms with E-state index in [1.807, 2.05) is 0 Å². The van der Waals surface area contributed by atoms with Gasteiger partial charge in [-0.3, -0.25) is 10.1 Å². The van der Waals surface area contributed by atoms with Crippen LogP contribution in [-0.2, 0) is 0 Å². The summed E-state index contributed by atoms with van der Waals surface area (Å²) < 4.78 is 0. The van der Waals surface area contributed by atoms with Crippen LogP contribution in [0.25, 0.3) is 0 Å². The van der Waals surface area contributed by atoms with Crippen molar-refractivity contribution >= 4 is 46.3 Å². The first kappa shape index (κ1) is 14.3. The third-order valence-electron chi connectivity index (χ3n) is 2.32. The number of benzene rings is 1. The minimum absolute atomic E-state index is 0.0488. The van der Waals surface area contributed by atoms with Gasteiger partial charge < -0.3 is 10.6 Å². The van der Waals surface area contributed by atoms with Crippen LogP contribution in [0.15, 0.2) is 24.4 Å². The largest absolute Gasteiger partial charge is 0.357 e. The van der Waals surface area contributed by atoms with Gasteiger partial charge in [0.2, 0.25) is 11.8 Å². The molecule has 104 valence electrons. The number of aromatic nitrogens is 2. The van der Waals surface area contributed by atoms with E-state index < -0.39 is 4.92 Å². The van der Waals surface area contributed by atoms with Gasteiger partial charge in [-0.2, -0.15) is 4.98 Å². The molecule has 2 N–H and O–H groups in total. The number of rotatable bonds is 4. The van der Waals surface area contributed by atoms with E-state index in [-0.39, 0.29) is 17.5 Å². The molecule has 1 heterocycles. The van der Waals surface area contributed by atoms with Crippen molar-refractivity contribution < 1.29 is 4.92 Å². The Morgan fingerprint density at radius 2 is 1.90 bits per heavy atom. The Bertz CT molecular complexity index is 645. The van der Waals surface area contributed by atoms with Crippen molar-refractivity contribution in [2.45, 2.75) is 0 Å². The van der Waals surface area contributed by atoms with E-state index in [0.29, 0.717) is 15.7 Å². The fourth-order valence-corrected chi connectivity index (χ4v) is 2.01. The van der Waals surface area contributed by atoms with E-state index in [4.69, 9.17) is 23.2 Å². The van der Waals surface area contributed by atoms with Crippen molar-refractivity contribution in [3.63, 3.8) is 0 Å². The quantitative estimate of drug-likeness (QED) is 0.663. The predicted molar refractivity (Wildman–Crippen MR) is 78.0 cm³/mol.